The molecule has 2 rings (SSSR count). The average molecular weight is 263 g/mol. The Bertz CT molecular complexity index is 499. The molecule has 1 aromatic rings. The highest BCUT2D eigenvalue weighted by Crippen LogP contribution is 2.36. The Morgan fingerprint density at radius 3 is 2.88 bits per heavy atom. The number of hydrogen-bond acceptors (Lipinski definition) is 2. The van der Waals surface area contributed by atoms with Crippen LogP contribution in [0.4, 0.5) is 4.39 Å². The van der Waals surface area contributed by atoms with Gasteiger partial charge in [0, 0.05) is 10.7 Å². The monoisotopic (exact) mass is 262 g/mol. The molecule has 0 aliphatic heterocycles. The van der Waals surface area contributed by atoms with E-state index in [1.54, 1.807) is 6.07 Å². The van der Waals surface area contributed by atoms with Gasteiger partial charge in [-0.2, -0.15) is 0 Å². The van der Waals surface area contributed by atoms with Crippen molar-refractivity contribution in [1.82, 2.24) is 0 Å². The number of benzene rings is 1. The molecule has 0 heterocycles. The highest BCUT2D eigenvalue weighted by molar-refractivity contribution is 8.13. The first-order chi connectivity index (χ1) is 7.47. The molecular weight excluding hydrogens is 251 g/mol. The van der Waals surface area contributed by atoms with E-state index in [9.17, 15) is 12.8 Å². The molecule has 0 spiro atoms. The van der Waals surface area contributed by atoms with Gasteiger partial charge in [0.2, 0.25) is 9.05 Å². The molecule has 0 N–H and O–H groups in total. The van der Waals surface area contributed by atoms with Crippen molar-refractivity contribution in [3.63, 3.8) is 0 Å². The van der Waals surface area contributed by atoms with Gasteiger partial charge in [-0.25, -0.2) is 12.8 Å². The Kier molecular flexibility index (Phi) is 3.22. The summed E-state index contributed by atoms with van der Waals surface area (Å²) in [6, 6.07) is 4.98. The van der Waals surface area contributed by atoms with Crippen molar-refractivity contribution >= 4 is 19.7 Å². The molecule has 1 aromatic carbocycles. The van der Waals surface area contributed by atoms with Crippen LogP contribution >= 0.6 is 10.7 Å². The number of hydrogen-bond donors (Lipinski definition) is 0. The maximum Gasteiger partial charge on any atom is 0.232 e. The van der Waals surface area contributed by atoms with Gasteiger partial charge in [-0.3, -0.25) is 0 Å². The summed E-state index contributed by atoms with van der Waals surface area (Å²) in [7, 11) is 1.72. The molecule has 0 radical (unpaired) electrons. The first-order valence-corrected chi connectivity index (χ1v) is 7.65. The van der Waals surface area contributed by atoms with Crippen molar-refractivity contribution in [1.29, 1.82) is 0 Å². The van der Waals surface area contributed by atoms with Crippen LogP contribution in [0.5, 0.6) is 0 Å². The maximum absolute atomic E-state index is 13.4. The van der Waals surface area contributed by atoms with Gasteiger partial charge in [-0.05, 0) is 42.4 Å². The van der Waals surface area contributed by atoms with E-state index < -0.39 is 9.05 Å². The highest BCUT2D eigenvalue weighted by atomic mass is 35.7. The molecule has 0 saturated heterocycles. The Hall–Kier alpha value is -0.610. The van der Waals surface area contributed by atoms with E-state index in [-0.39, 0.29) is 17.5 Å². The Labute approximate surface area is 98.8 Å². The van der Waals surface area contributed by atoms with Gasteiger partial charge in [0.15, 0.2) is 0 Å². The van der Waals surface area contributed by atoms with E-state index in [2.05, 4.69) is 0 Å². The van der Waals surface area contributed by atoms with E-state index in [0.717, 1.165) is 17.5 Å². The first-order valence-electron chi connectivity index (χ1n) is 5.17. The zero-order chi connectivity index (χ0) is 11.8. The molecule has 1 unspecified atom stereocenters. The van der Waals surface area contributed by atoms with Crippen LogP contribution in [0, 0.1) is 5.82 Å². The standard InChI is InChI=1S/C11H12ClFO2S/c12-16(14,15)7-6-8-4-5-10-9(8)2-1-3-11(10)13/h1-3,8H,4-7H2. The molecule has 0 bridgehead atoms. The van der Waals surface area contributed by atoms with E-state index in [4.69, 9.17) is 10.7 Å². The number of halogens is 2. The van der Waals surface area contributed by atoms with Crippen molar-refractivity contribution < 1.29 is 12.8 Å². The minimum absolute atomic E-state index is 0.0465. The van der Waals surface area contributed by atoms with Crippen LogP contribution in [0.2, 0.25) is 0 Å². The molecule has 0 saturated carbocycles. The minimum atomic E-state index is -3.45. The fourth-order valence-corrected chi connectivity index (χ4v) is 3.11. The van der Waals surface area contributed by atoms with Gasteiger partial charge < -0.3 is 0 Å². The van der Waals surface area contributed by atoms with E-state index in [0.29, 0.717) is 12.8 Å². The summed E-state index contributed by atoms with van der Waals surface area (Å²) in [6.07, 6.45) is 1.97. The number of rotatable bonds is 3. The molecule has 16 heavy (non-hydrogen) atoms. The smallest absolute Gasteiger partial charge is 0.212 e. The average Bonchev–Trinajstić information content (AvgIpc) is 2.58. The summed E-state index contributed by atoms with van der Waals surface area (Å²) >= 11 is 0. The van der Waals surface area contributed by atoms with Gasteiger partial charge in [0.25, 0.3) is 0 Å². The molecule has 1 aliphatic rings. The van der Waals surface area contributed by atoms with Crippen LogP contribution < -0.4 is 0 Å². The lowest BCUT2D eigenvalue weighted by Crippen LogP contribution is -2.03. The summed E-state index contributed by atoms with van der Waals surface area (Å²) in [6.45, 7) is 0. The van der Waals surface area contributed by atoms with Crippen molar-refractivity contribution in [2.24, 2.45) is 0 Å². The highest BCUT2D eigenvalue weighted by Gasteiger charge is 2.25. The Balaban J connectivity index is 2.15. The second-order valence-corrected chi connectivity index (χ2v) is 6.97. The lowest BCUT2D eigenvalue weighted by molar-refractivity contribution is 0.594. The van der Waals surface area contributed by atoms with Crippen LogP contribution in [0.1, 0.15) is 29.9 Å². The zero-order valence-corrected chi connectivity index (χ0v) is 10.2. The predicted molar refractivity (Wildman–Crippen MR) is 61.7 cm³/mol. The predicted octanol–water partition coefficient (Wildman–Crippen LogP) is 2.81. The summed E-state index contributed by atoms with van der Waals surface area (Å²) in [5.74, 6) is -0.109. The largest absolute Gasteiger partial charge is 0.232 e. The van der Waals surface area contributed by atoms with Crippen LogP contribution in [0.15, 0.2) is 18.2 Å². The Morgan fingerprint density at radius 2 is 2.19 bits per heavy atom. The molecule has 88 valence electrons. The van der Waals surface area contributed by atoms with Crippen LogP contribution in [-0.2, 0) is 15.5 Å². The molecule has 5 heteroatoms. The second kappa shape index (κ2) is 4.34. The third-order valence-corrected chi connectivity index (χ3v) is 4.23. The summed E-state index contributed by atoms with van der Waals surface area (Å²) in [5, 5.41) is 0. The SMILES string of the molecule is O=S(=O)(Cl)CCC1CCc2c(F)cccc21. The van der Waals surface area contributed by atoms with Crippen LogP contribution in [0.25, 0.3) is 0 Å². The fraction of sp³-hybridized carbons (Fsp3) is 0.455. The lowest BCUT2D eigenvalue weighted by Gasteiger charge is -2.09. The maximum atomic E-state index is 13.4. The van der Waals surface area contributed by atoms with Gasteiger partial charge >= 0.3 is 0 Å². The molecule has 0 aromatic heterocycles. The third-order valence-electron chi connectivity index (χ3n) is 3.05. The van der Waals surface area contributed by atoms with Gasteiger partial charge in [-0.1, -0.05) is 12.1 Å². The van der Waals surface area contributed by atoms with Crippen LogP contribution in [0.3, 0.4) is 0 Å². The molecule has 1 atom stereocenters. The topological polar surface area (TPSA) is 34.1 Å². The summed E-state index contributed by atoms with van der Waals surface area (Å²) in [4.78, 5) is 0. The fourth-order valence-electron chi connectivity index (χ4n) is 2.28. The molecule has 0 fully saturated rings. The first kappa shape index (κ1) is 11.9. The summed E-state index contributed by atoms with van der Waals surface area (Å²) < 4.78 is 35.1. The molecule has 1 aliphatic carbocycles. The van der Waals surface area contributed by atoms with Gasteiger partial charge in [0.05, 0.1) is 5.75 Å². The van der Waals surface area contributed by atoms with Gasteiger partial charge in [0.1, 0.15) is 5.82 Å². The molecule has 2 nitrogen and oxygen atoms in total. The quantitative estimate of drug-likeness (QED) is 0.785. The molecular formula is C11H12ClFO2S. The van der Waals surface area contributed by atoms with Crippen molar-refractivity contribution in [3.8, 4) is 0 Å². The molecule has 0 amide bonds. The Morgan fingerprint density at radius 1 is 1.44 bits per heavy atom. The third kappa shape index (κ3) is 2.55. The second-order valence-electron chi connectivity index (χ2n) is 4.07. The lowest BCUT2D eigenvalue weighted by atomic mass is 9.99. The normalized spacial score (nSPS) is 19.8. The van der Waals surface area contributed by atoms with E-state index >= 15 is 0 Å². The van der Waals surface area contributed by atoms with E-state index in [1.165, 1.54) is 6.07 Å². The zero-order valence-electron chi connectivity index (χ0n) is 8.62. The van der Waals surface area contributed by atoms with Crippen molar-refractivity contribution in [2.45, 2.75) is 25.2 Å². The number of fused-ring (bicyclic) bond motifs is 1. The van der Waals surface area contributed by atoms with Crippen LogP contribution in [-0.4, -0.2) is 14.2 Å². The van der Waals surface area contributed by atoms with Crippen molar-refractivity contribution in [3.05, 3.63) is 35.1 Å². The van der Waals surface area contributed by atoms with E-state index in [1.807, 2.05) is 6.07 Å². The van der Waals surface area contributed by atoms with Crippen molar-refractivity contribution in [2.75, 3.05) is 5.75 Å². The summed E-state index contributed by atoms with van der Waals surface area (Å²) in [5.41, 5.74) is 1.68. The minimum Gasteiger partial charge on any atom is -0.212 e. The van der Waals surface area contributed by atoms with Gasteiger partial charge in [-0.15, -0.1) is 0 Å².